The Kier molecular flexibility index (Phi) is 4.27. The van der Waals surface area contributed by atoms with Crippen molar-refractivity contribution < 1.29 is 24.2 Å². The third-order valence-corrected chi connectivity index (χ3v) is 5.37. The largest absolute Gasteiger partial charge is 0.505 e. The lowest BCUT2D eigenvalue weighted by Gasteiger charge is -2.19. The summed E-state index contributed by atoms with van der Waals surface area (Å²) < 4.78 is 14.8. The topological polar surface area (TPSA) is 87.0 Å². The maximum atomic E-state index is 14.1. The van der Waals surface area contributed by atoms with Gasteiger partial charge in [0.1, 0.15) is 5.83 Å². The minimum Gasteiger partial charge on any atom is -0.505 e. The molecule has 0 saturated carbocycles. The number of aliphatic carboxylic acids is 1. The summed E-state index contributed by atoms with van der Waals surface area (Å²) in [6.45, 7) is 1.61. The van der Waals surface area contributed by atoms with Gasteiger partial charge in [-0.15, -0.1) is 11.3 Å². The van der Waals surface area contributed by atoms with Gasteiger partial charge in [0.15, 0.2) is 5.76 Å². The Labute approximate surface area is 148 Å². The van der Waals surface area contributed by atoms with Crippen molar-refractivity contribution in [1.82, 2.24) is 0 Å². The number of hydrogen-bond donors (Lipinski definition) is 2. The van der Waals surface area contributed by atoms with Crippen molar-refractivity contribution in [3.63, 3.8) is 0 Å². The first-order chi connectivity index (χ1) is 11.3. The normalized spacial score (nSPS) is 17.4. The van der Waals surface area contributed by atoms with Gasteiger partial charge in [-0.05, 0) is 40.6 Å². The number of rotatable bonds is 4. The zero-order valence-corrected chi connectivity index (χ0v) is 14.8. The highest BCUT2D eigenvalue weighted by Gasteiger charge is 2.37. The molecule has 2 aliphatic rings. The van der Waals surface area contributed by atoms with Gasteiger partial charge in [-0.1, -0.05) is 0 Å². The quantitative estimate of drug-likeness (QED) is 0.721. The fourth-order valence-corrected chi connectivity index (χ4v) is 4.07. The van der Waals surface area contributed by atoms with E-state index in [9.17, 15) is 19.1 Å². The summed E-state index contributed by atoms with van der Waals surface area (Å²) in [5.74, 6) is -3.23. The summed E-state index contributed by atoms with van der Waals surface area (Å²) >= 11 is 4.40. The number of ketones is 1. The van der Waals surface area contributed by atoms with Crippen LogP contribution < -0.4 is 0 Å². The van der Waals surface area contributed by atoms with Crippen LogP contribution in [0, 0.1) is 0 Å². The number of carboxylic acid groups (broad SMARTS) is 1. The summed E-state index contributed by atoms with van der Waals surface area (Å²) in [6.07, 6.45) is -0.611. The van der Waals surface area contributed by atoms with Crippen molar-refractivity contribution in [2.24, 2.45) is 4.99 Å². The maximum Gasteiger partial charge on any atom is 0.307 e. The van der Waals surface area contributed by atoms with E-state index in [1.54, 1.807) is 19.1 Å². The Balaban J connectivity index is 2.20. The van der Waals surface area contributed by atoms with Crippen LogP contribution in [0.4, 0.5) is 4.39 Å². The predicted octanol–water partition coefficient (Wildman–Crippen LogP) is 4.34. The van der Waals surface area contributed by atoms with Crippen LogP contribution in [-0.4, -0.2) is 27.7 Å². The van der Waals surface area contributed by atoms with Gasteiger partial charge >= 0.3 is 5.97 Å². The van der Waals surface area contributed by atoms with Gasteiger partial charge < -0.3 is 10.2 Å². The number of Topliss-reactive ketones (excluding diaryl/α,β-unsaturated/α-hetero) is 1. The molecule has 0 unspecified atom stereocenters. The molecule has 0 bridgehead atoms. The molecular weight excluding hydrogens is 401 g/mol. The van der Waals surface area contributed by atoms with Crippen LogP contribution >= 0.6 is 27.3 Å². The van der Waals surface area contributed by atoms with Crippen LogP contribution in [0.3, 0.4) is 0 Å². The first kappa shape index (κ1) is 16.8. The van der Waals surface area contributed by atoms with E-state index in [1.165, 1.54) is 0 Å². The Hall–Kier alpha value is -2.06. The van der Waals surface area contributed by atoms with Crippen molar-refractivity contribution >= 4 is 44.7 Å². The van der Waals surface area contributed by atoms with Crippen LogP contribution in [0.15, 0.2) is 54.9 Å². The highest BCUT2D eigenvalue weighted by molar-refractivity contribution is 9.11. The molecule has 124 valence electrons. The molecule has 0 radical (unpaired) electrons. The van der Waals surface area contributed by atoms with Crippen molar-refractivity contribution in [3.05, 3.63) is 54.8 Å². The lowest BCUT2D eigenvalue weighted by molar-refractivity contribution is -0.136. The highest BCUT2D eigenvalue weighted by atomic mass is 79.9. The minimum atomic E-state index is -1.09. The molecule has 0 atom stereocenters. The Morgan fingerprint density at radius 2 is 2.12 bits per heavy atom. The highest BCUT2D eigenvalue weighted by Crippen LogP contribution is 2.41. The van der Waals surface area contributed by atoms with Gasteiger partial charge in [0.05, 0.1) is 26.4 Å². The number of allylic oxidation sites excluding steroid dienone is 4. The van der Waals surface area contributed by atoms with Crippen LogP contribution in [0.5, 0.6) is 0 Å². The van der Waals surface area contributed by atoms with Gasteiger partial charge in [0, 0.05) is 17.7 Å². The van der Waals surface area contributed by atoms with Gasteiger partial charge in [-0.3, -0.25) is 14.6 Å². The number of carboxylic acids is 1. The summed E-state index contributed by atoms with van der Waals surface area (Å²) in [7, 11) is 0. The van der Waals surface area contributed by atoms with Gasteiger partial charge in [-0.2, -0.15) is 0 Å². The number of nitrogens with zero attached hydrogens (tertiary/aromatic N) is 1. The molecule has 1 aliphatic heterocycles. The molecule has 1 aromatic rings. The molecule has 0 amide bonds. The van der Waals surface area contributed by atoms with E-state index in [2.05, 4.69) is 20.9 Å². The fourth-order valence-electron chi connectivity index (χ4n) is 2.74. The van der Waals surface area contributed by atoms with E-state index >= 15 is 0 Å². The zero-order chi connectivity index (χ0) is 17.6. The second-order valence-corrected chi connectivity index (χ2v) is 7.77. The van der Waals surface area contributed by atoms with Crippen molar-refractivity contribution in [2.45, 2.75) is 19.8 Å². The predicted molar refractivity (Wildman–Crippen MR) is 91.1 cm³/mol. The van der Waals surface area contributed by atoms with Crippen LogP contribution in [0.2, 0.25) is 0 Å². The maximum absolute atomic E-state index is 14.1. The van der Waals surface area contributed by atoms with Crippen molar-refractivity contribution in [1.29, 1.82) is 0 Å². The van der Waals surface area contributed by atoms with Gasteiger partial charge in [0.25, 0.3) is 0 Å². The minimum absolute atomic E-state index is 0.222. The number of aliphatic hydroxyl groups is 1. The second kappa shape index (κ2) is 6.10. The number of aliphatic hydroxyl groups excluding tert-OH is 1. The lowest BCUT2D eigenvalue weighted by Crippen LogP contribution is -2.19. The molecule has 2 heterocycles. The van der Waals surface area contributed by atoms with E-state index in [-0.39, 0.29) is 29.7 Å². The van der Waals surface area contributed by atoms with E-state index < -0.39 is 23.3 Å². The molecule has 0 fully saturated rings. The number of aliphatic imine (C=N–C) groups is 1. The summed E-state index contributed by atoms with van der Waals surface area (Å²) in [6, 6.07) is 3.23. The third-order valence-electron chi connectivity index (χ3n) is 3.75. The van der Waals surface area contributed by atoms with Crippen molar-refractivity contribution in [2.75, 3.05) is 0 Å². The van der Waals surface area contributed by atoms with E-state index in [1.807, 2.05) is 0 Å². The summed E-state index contributed by atoms with van der Waals surface area (Å²) in [4.78, 5) is 28.4. The third kappa shape index (κ3) is 2.76. The number of fused-ring (bicyclic) bond motifs is 1. The molecule has 5 nitrogen and oxygen atoms in total. The molecular formula is C16H11BrFNO4S. The average Bonchev–Trinajstić information content (AvgIpc) is 3.05. The van der Waals surface area contributed by atoms with Crippen LogP contribution in [-0.2, 0) is 4.79 Å². The number of hydrogen-bond acceptors (Lipinski definition) is 5. The number of carbonyl (C=O) groups excluding carboxylic acids is 1. The molecule has 1 aliphatic carbocycles. The summed E-state index contributed by atoms with van der Waals surface area (Å²) in [5.41, 5.74) is 1.04. The SMILES string of the molecule is CC1=C(CC(=O)O)C2=C(C(=O)c3ccc(Br)s3)C(O)=C(F)CC2=N1. The first-order valence-corrected chi connectivity index (χ1v) is 8.52. The molecule has 8 heteroatoms. The van der Waals surface area contributed by atoms with E-state index in [4.69, 9.17) is 5.11 Å². The molecule has 1 aromatic heterocycles. The first-order valence-electron chi connectivity index (χ1n) is 6.91. The number of carbonyl (C=O) groups is 2. The van der Waals surface area contributed by atoms with Crippen molar-refractivity contribution in [3.8, 4) is 0 Å². The van der Waals surface area contributed by atoms with E-state index in [0.29, 0.717) is 19.9 Å². The number of halogens is 2. The lowest BCUT2D eigenvalue weighted by atomic mass is 9.85. The molecule has 24 heavy (non-hydrogen) atoms. The molecule has 0 aromatic carbocycles. The standard InChI is InChI=1S/C16H11BrFNO4S/c1-6-7(4-12(20)21)13-9(19-6)5-8(18)15(22)14(13)16(23)10-2-3-11(17)24-10/h2-3,22H,4-5H2,1H3,(H,20,21). The van der Waals surface area contributed by atoms with Gasteiger partial charge in [-0.25, -0.2) is 4.39 Å². The second-order valence-electron chi connectivity index (χ2n) is 5.31. The Morgan fingerprint density at radius 1 is 1.42 bits per heavy atom. The van der Waals surface area contributed by atoms with Crippen LogP contribution in [0.1, 0.15) is 29.4 Å². The Bertz CT molecular complexity index is 907. The smallest absolute Gasteiger partial charge is 0.307 e. The van der Waals surface area contributed by atoms with E-state index in [0.717, 1.165) is 11.3 Å². The monoisotopic (exact) mass is 411 g/mol. The molecule has 0 spiro atoms. The summed E-state index contributed by atoms with van der Waals surface area (Å²) in [5, 5.41) is 19.3. The molecule has 2 N–H and O–H groups in total. The van der Waals surface area contributed by atoms with Crippen LogP contribution in [0.25, 0.3) is 0 Å². The molecule has 0 saturated heterocycles. The Morgan fingerprint density at radius 3 is 2.71 bits per heavy atom. The van der Waals surface area contributed by atoms with Gasteiger partial charge in [0.2, 0.25) is 5.78 Å². The average molecular weight is 412 g/mol. The molecule has 3 rings (SSSR count). The zero-order valence-electron chi connectivity index (χ0n) is 12.4. The fraction of sp³-hybridized carbons (Fsp3) is 0.188. The number of thiophene rings is 1.